The van der Waals surface area contributed by atoms with E-state index in [0.29, 0.717) is 0 Å². The van der Waals surface area contributed by atoms with Gasteiger partial charge in [0.2, 0.25) is 0 Å². The molecule has 1 fully saturated rings. The van der Waals surface area contributed by atoms with Gasteiger partial charge < -0.3 is 15.5 Å². The van der Waals surface area contributed by atoms with Gasteiger partial charge in [0.15, 0.2) is 0 Å². The van der Waals surface area contributed by atoms with E-state index in [1.54, 1.807) is 0 Å². The molecule has 3 heteroatoms. The maximum absolute atomic E-state index is 5.65. The molecule has 2 N–H and O–H groups in total. The lowest BCUT2D eigenvalue weighted by Crippen LogP contribution is -2.35. The summed E-state index contributed by atoms with van der Waals surface area (Å²) in [5.41, 5.74) is 5.65. The van der Waals surface area contributed by atoms with Crippen LogP contribution in [0.3, 0.4) is 0 Å². The van der Waals surface area contributed by atoms with E-state index in [0.717, 1.165) is 19.0 Å². The molecule has 0 amide bonds. The second kappa shape index (κ2) is 8.04. The Bertz CT molecular complexity index is 165. The zero-order valence-electron chi connectivity index (χ0n) is 11.1. The molecule has 0 bridgehead atoms. The van der Waals surface area contributed by atoms with Gasteiger partial charge in [-0.15, -0.1) is 0 Å². The number of hydrogen-bond acceptors (Lipinski definition) is 3. The maximum Gasteiger partial charge on any atom is 0.0105 e. The van der Waals surface area contributed by atoms with Gasteiger partial charge in [0.25, 0.3) is 0 Å². The molecule has 0 atom stereocenters. The SMILES string of the molecule is CC(C)CN(CCN)CCCN1CCCC1. The highest BCUT2D eigenvalue weighted by Gasteiger charge is 2.12. The van der Waals surface area contributed by atoms with Crippen LogP contribution in [0.25, 0.3) is 0 Å². The first-order valence-electron chi connectivity index (χ1n) is 6.87. The molecule has 0 spiro atoms. The first kappa shape index (κ1) is 13.9. The zero-order chi connectivity index (χ0) is 11.8. The number of rotatable bonds is 8. The summed E-state index contributed by atoms with van der Waals surface area (Å²) < 4.78 is 0. The van der Waals surface area contributed by atoms with E-state index in [1.807, 2.05) is 0 Å². The number of nitrogens with two attached hydrogens (primary N) is 1. The van der Waals surface area contributed by atoms with E-state index in [-0.39, 0.29) is 0 Å². The fourth-order valence-electron chi connectivity index (χ4n) is 2.52. The number of nitrogens with zero attached hydrogens (tertiary/aromatic N) is 2. The molecule has 0 aromatic carbocycles. The van der Waals surface area contributed by atoms with Gasteiger partial charge in [-0.25, -0.2) is 0 Å². The Morgan fingerprint density at radius 1 is 1.19 bits per heavy atom. The van der Waals surface area contributed by atoms with Gasteiger partial charge in [-0.1, -0.05) is 13.8 Å². The van der Waals surface area contributed by atoms with Gasteiger partial charge in [0.05, 0.1) is 0 Å². The van der Waals surface area contributed by atoms with Gasteiger partial charge in [-0.2, -0.15) is 0 Å². The smallest absolute Gasteiger partial charge is 0.0105 e. The van der Waals surface area contributed by atoms with Crippen LogP contribution >= 0.6 is 0 Å². The summed E-state index contributed by atoms with van der Waals surface area (Å²) in [6.45, 7) is 12.7. The second-order valence-electron chi connectivity index (χ2n) is 5.39. The van der Waals surface area contributed by atoms with Crippen LogP contribution in [0.5, 0.6) is 0 Å². The van der Waals surface area contributed by atoms with E-state index in [2.05, 4.69) is 23.6 Å². The Morgan fingerprint density at radius 2 is 1.88 bits per heavy atom. The van der Waals surface area contributed by atoms with Crippen molar-refractivity contribution in [2.75, 3.05) is 45.8 Å². The largest absolute Gasteiger partial charge is 0.329 e. The summed E-state index contributed by atoms with van der Waals surface area (Å²) in [4.78, 5) is 5.11. The van der Waals surface area contributed by atoms with E-state index < -0.39 is 0 Å². The van der Waals surface area contributed by atoms with Crippen molar-refractivity contribution >= 4 is 0 Å². The summed E-state index contributed by atoms with van der Waals surface area (Å²) in [6, 6.07) is 0. The lowest BCUT2D eigenvalue weighted by molar-refractivity contribution is 0.229. The van der Waals surface area contributed by atoms with Crippen LogP contribution in [-0.4, -0.2) is 55.6 Å². The van der Waals surface area contributed by atoms with Crippen molar-refractivity contribution in [3.63, 3.8) is 0 Å². The van der Waals surface area contributed by atoms with Crippen LogP contribution in [0.1, 0.15) is 33.1 Å². The Kier molecular flexibility index (Phi) is 7.01. The highest BCUT2D eigenvalue weighted by Crippen LogP contribution is 2.08. The predicted octanol–water partition coefficient (Wildman–Crippen LogP) is 1.39. The molecule has 0 radical (unpaired) electrons. The predicted molar refractivity (Wildman–Crippen MR) is 70.6 cm³/mol. The van der Waals surface area contributed by atoms with Gasteiger partial charge >= 0.3 is 0 Å². The van der Waals surface area contributed by atoms with Gasteiger partial charge in [-0.3, -0.25) is 0 Å². The van der Waals surface area contributed by atoms with Crippen LogP contribution < -0.4 is 5.73 Å². The van der Waals surface area contributed by atoms with E-state index in [9.17, 15) is 0 Å². The standard InChI is InChI=1S/C13H29N3/c1-13(2)12-16(11-6-14)10-5-9-15-7-3-4-8-15/h13H,3-12,14H2,1-2H3. The van der Waals surface area contributed by atoms with Gasteiger partial charge in [0, 0.05) is 19.6 Å². The zero-order valence-corrected chi connectivity index (χ0v) is 11.1. The minimum Gasteiger partial charge on any atom is -0.329 e. The minimum absolute atomic E-state index is 0.748. The van der Waals surface area contributed by atoms with E-state index >= 15 is 0 Å². The Balaban J connectivity index is 2.10. The van der Waals surface area contributed by atoms with Crippen molar-refractivity contribution in [1.29, 1.82) is 0 Å². The molecule has 1 aliphatic rings. The van der Waals surface area contributed by atoms with Crippen molar-refractivity contribution < 1.29 is 0 Å². The highest BCUT2D eigenvalue weighted by molar-refractivity contribution is 4.68. The fraction of sp³-hybridized carbons (Fsp3) is 1.00. The molecule has 0 aromatic rings. The molecule has 16 heavy (non-hydrogen) atoms. The first-order valence-corrected chi connectivity index (χ1v) is 6.87. The van der Waals surface area contributed by atoms with Crippen molar-refractivity contribution in [3.8, 4) is 0 Å². The first-order chi connectivity index (χ1) is 7.72. The van der Waals surface area contributed by atoms with Crippen LogP contribution in [0.2, 0.25) is 0 Å². The Labute approximate surface area is 101 Å². The lowest BCUT2D eigenvalue weighted by atomic mass is 10.2. The third-order valence-electron chi connectivity index (χ3n) is 3.22. The van der Waals surface area contributed by atoms with Crippen molar-refractivity contribution in [3.05, 3.63) is 0 Å². The van der Waals surface area contributed by atoms with Crippen molar-refractivity contribution in [1.82, 2.24) is 9.80 Å². The number of hydrogen-bond donors (Lipinski definition) is 1. The maximum atomic E-state index is 5.65. The normalized spacial score (nSPS) is 17.8. The summed E-state index contributed by atoms with van der Waals surface area (Å²) in [5, 5.41) is 0. The van der Waals surface area contributed by atoms with Crippen molar-refractivity contribution in [2.45, 2.75) is 33.1 Å². The quantitative estimate of drug-likeness (QED) is 0.680. The summed E-state index contributed by atoms with van der Waals surface area (Å²) >= 11 is 0. The summed E-state index contributed by atoms with van der Waals surface area (Å²) in [6.07, 6.45) is 4.10. The molecule has 96 valence electrons. The van der Waals surface area contributed by atoms with Crippen LogP contribution in [0, 0.1) is 5.92 Å². The fourth-order valence-corrected chi connectivity index (χ4v) is 2.52. The summed E-state index contributed by atoms with van der Waals surface area (Å²) in [7, 11) is 0. The molecule has 0 aliphatic carbocycles. The third-order valence-corrected chi connectivity index (χ3v) is 3.22. The third kappa shape index (κ3) is 5.83. The lowest BCUT2D eigenvalue weighted by Gasteiger charge is -2.24. The molecular weight excluding hydrogens is 198 g/mol. The second-order valence-corrected chi connectivity index (χ2v) is 5.39. The van der Waals surface area contributed by atoms with E-state index in [4.69, 9.17) is 5.73 Å². The molecule has 1 aliphatic heterocycles. The Morgan fingerprint density at radius 3 is 2.44 bits per heavy atom. The Hall–Kier alpha value is -0.120. The monoisotopic (exact) mass is 227 g/mol. The molecular formula is C13H29N3. The minimum atomic E-state index is 0.748. The molecule has 0 unspecified atom stereocenters. The van der Waals surface area contributed by atoms with Gasteiger partial charge in [-0.05, 0) is 51.4 Å². The highest BCUT2D eigenvalue weighted by atomic mass is 15.2. The van der Waals surface area contributed by atoms with Crippen LogP contribution in [0.4, 0.5) is 0 Å². The number of likely N-dealkylation sites (tertiary alicyclic amines) is 1. The van der Waals surface area contributed by atoms with Crippen LogP contribution in [-0.2, 0) is 0 Å². The van der Waals surface area contributed by atoms with Crippen molar-refractivity contribution in [2.24, 2.45) is 11.7 Å². The molecule has 3 nitrogen and oxygen atoms in total. The molecule has 0 aromatic heterocycles. The average Bonchev–Trinajstić information content (AvgIpc) is 2.70. The average molecular weight is 227 g/mol. The molecule has 0 saturated carbocycles. The van der Waals surface area contributed by atoms with E-state index in [1.165, 1.54) is 52.0 Å². The van der Waals surface area contributed by atoms with Crippen LogP contribution in [0.15, 0.2) is 0 Å². The molecule has 1 saturated heterocycles. The molecule has 1 rings (SSSR count). The van der Waals surface area contributed by atoms with Gasteiger partial charge in [0.1, 0.15) is 0 Å². The topological polar surface area (TPSA) is 32.5 Å². The molecule has 1 heterocycles. The summed E-state index contributed by atoms with van der Waals surface area (Å²) in [5.74, 6) is 0.748.